The molecule has 0 heterocycles. The van der Waals surface area contributed by atoms with E-state index in [2.05, 4.69) is 206 Å². The lowest BCUT2D eigenvalue weighted by molar-refractivity contribution is 0.482. The molecule has 11 rings (SSSR count). The van der Waals surface area contributed by atoms with E-state index in [-0.39, 0.29) is 5.41 Å². The molecule has 4 nitrogen and oxygen atoms in total. The highest BCUT2D eigenvalue weighted by Crippen LogP contribution is 2.52. The molecule has 342 valence electrons. The predicted octanol–water partition coefficient (Wildman–Crippen LogP) is 18.9. The molecule has 4 heteroatoms. The SMILES string of the molecule is CC1(C)c2cc(N(c3ccc(/C=C/c4ccccc4)cc3)c3ccc(Oc4ccccc4)cc3)ccc2-c2ccc(N(c3ccc(/C=C/c4ccccc4)cc3)c3ccc(Oc4ccccc4)cc3)cc21. The van der Waals surface area contributed by atoms with Crippen LogP contribution < -0.4 is 19.3 Å². The fraction of sp³-hybridized carbons (Fsp3) is 0.0448. The first-order valence-corrected chi connectivity index (χ1v) is 24.1. The second kappa shape index (κ2) is 19.8. The minimum atomic E-state index is -0.313. The Balaban J connectivity index is 0.938. The topological polar surface area (TPSA) is 24.9 Å². The highest BCUT2D eigenvalue weighted by molar-refractivity contribution is 5.89. The van der Waals surface area contributed by atoms with Crippen molar-refractivity contribution >= 4 is 58.4 Å². The molecule has 0 spiro atoms. The van der Waals surface area contributed by atoms with Crippen LogP contribution in [-0.2, 0) is 5.41 Å². The van der Waals surface area contributed by atoms with Gasteiger partial charge in [0.2, 0.25) is 0 Å². The standard InChI is InChI=1S/C67H52N2O2/c1-67(2)65-47-57(68(55-35-41-61(42-36-55)70-59-19-11-5-12-20-59)53-31-27-51(28-32-53)25-23-49-15-7-3-8-16-49)39-45-63(65)64-46-40-58(48-66(64)67)69(56-37-43-62(44-38-56)71-60-21-13-6-14-22-60)54-33-29-52(30-34-54)26-24-50-17-9-4-10-18-50/h3-48H,1-2H3/b25-23+,26-24+. The first kappa shape index (κ1) is 44.4. The van der Waals surface area contributed by atoms with Gasteiger partial charge in [0.1, 0.15) is 23.0 Å². The summed E-state index contributed by atoms with van der Waals surface area (Å²) < 4.78 is 12.5. The van der Waals surface area contributed by atoms with E-state index in [1.165, 1.54) is 33.4 Å². The Morgan fingerprint density at radius 3 is 0.887 bits per heavy atom. The maximum atomic E-state index is 6.23. The van der Waals surface area contributed by atoms with Crippen LogP contribution in [0.1, 0.15) is 47.2 Å². The van der Waals surface area contributed by atoms with Gasteiger partial charge in [-0.2, -0.15) is 0 Å². The molecule has 0 N–H and O–H groups in total. The Morgan fingerprint density at radius 2 is 0.549 bits per heavy atom. The third kappa shape index (κ3) is 9.78. The van der Waals surface area contributed by atoms with Crippen LogP contribution in [0.25, 0.3) is 35.4 Å². The maximum Gasteiger partial charge on any atom is 0.127 e. The summed E-state index contributed by atoms with van der Waals surface area (Å²) in [6, 6.07) is 88.9. The Morgan fingerprint density at radius 1 is 0.282 bits per heavy atom. The molecule has 0 aromatic heterocycles. The zero-order chi connectivity index (χ0) is 48.0. The zero-order valence-corrected chi connectivity index (χ0v) is 39.8. The lowest BCUT2D eigenvalue weighted by Gasteiger charge is -2.29. The summed E-state index contributed by atoms with van der Waals surface area (Å²) in [6.07, 6.45) is 8.64. The minimum absolute atomic E-state index is 0.313. The Labute approximate surface area is 417 Å². The molecule has 0 aliphatic heterocycles. The first-order valence-electron chi connectivity index (χ1n) is 24.1. The van der Waals surface area contributed by atoms with Crippen molar-refractivity contribution in [3.63, 3.8) is 0 Å². The number of fused-ring (bicyclic) bond motifs is 3. The van der Waals surface area contributed by atoms with E-state index in [9.17, 15) is 0 Å². The van der Waals surface area contributed by atoms with Crippen LogP contribution in [0.2, 0.25) is 0 Å². The molecule has 0 saturated carbocycles. The Bertz CT molecular complexity index is 3210. The van der Waals surface area contributed by atoms with Gasteiger partial charge < -0.3 is 19.3 Å². The molecule has 10 aromatic carbocycles. The summed E-state index contributed by atoms with van der Waals surface area (Å²) in [5, 5.41) is 0. The second-order valence-corrected chi connectivity index (χ2v) is 18.2. The largest absolute Gasteiger partial charge is 0.457 e. The third-order valence-electron chi connectivity index (χ3n) is 13.1. The summed E-state index contributed by atoms with van der Waals surface area (Å²) in [5.74, 6) is 3.17. The van der Waals surface area contributed by atoms with Crippen LogP contribution in [-0.4, -0.2) is 0 Å². The number of para-hydroxylation sites is 2. The van der Waals surface area contributed by atoms with E-state index < -0.39 is 0 Å². The second-order valence-electron chi connectivity index (χ2n) is 18.2. The first-order chi connectivity index (χ1) is 34.9. The molecule has 0 saturated heterocycles. The lowest BCUT2D eigenvalue weighted by atomic mass is 9.82. The van der Waals surface area contributed by atoms with Gasteiger partial charge in [0.05, 0.1) is 0 Å². The number of hydrogen-bond acceptors (Lipinski definition) is 4. The van der Waals surface area contributed by atoms with Crippen molar-refractivity contribution < 1.29 is 9.47 Å². The average Bonchev–Trinajstić information content (AvgIpc) is 3.65. The quantitative estimate of drug-likeness (QED) is 0.102. The van der Waals surface area contributed by atoms with Crippen molar-refractivity contribution in [2.24, 2.45) is 0 Å². The fourth-order valence-corrected chi connectivity index (χ4v) is 9.44. The molecule has 0 fully saturated rings. The van der Waals surface area contributed by atoms with E-state index in [4.69, 9.17) is 9.47 Å². The van der Waals surface area contributed by atoms with E-state index in [0.29, 0.717) is 0 Å². The predicted molar refractivity (Wildman–Crippen MR) is 297 cm³/mol. The van der Waals surface area contributed by atoms with Gasteiger partial charge in [-0.1, -0.05) is 172 Å². The number of ether oxygens (including phenoxy) is 2. The Hall–Kier alpha value is -9.12. The zero-order valence-electron chi connectivity index (χ0n) is 39.8. The van der Waals surface area contributed by atoms with Crippen LogP contribution in [0.3, 0.4) is 0 Å². The normalized spacial score (nSPS) is 12.4. The van der Waals surface area contributed by atoms with Gasteiger partial charge in [-0.15, -0.1) is 0 Å². The summed E-state index contributed by atoms with van der Waals surface area (Å²) in [6.45, 7) is 4.71. The minimum Gasteiger partial charge on any atom is -0.457 e. The van der Waals surface area contributed by atoms with E-state index in [1.807, 2.05) is 97.1 Å². The number of benzene rings is 10. The van der Waals surface area contributed by atoms with Crippen LogP contribution >= 0.6 is 0 Å². The molecule has 1 aliphatic carbocycles. The number of rotatable bonds is 14. The molecule has 0 atom stereocenters. The van der Waals surface area contributed by atoms with Gasteiger partial charge in [0, 0.05) is 39.5 Å². The van der Waals surface area contributed by atoms with Gasteiger partial charge in [0.25, 0.3) is 0 Å². The van der Waals surface area contributed by atoms with Gasteiger partial charge in [-0.3, -0.25) is 0 Å². The highest BCUT2D eigenvalue weighted by atomic mass is 16.5. The molecule has 0 radical (unpaired) electrons. The smallest absolute Gasteiger partial charge is 0.127 e. The molecule has 0 amide bonds. The molecule has 0 bridgehead atoms. The molecule has 10 aromatic rings. The Kier molecular flexibility index (Phi) is 12.4. The number of hydrogen-bond donors (Lipinski definition) is 0. The van der Waals surface area contributed by atoms with E-state index in [0.717, 1.165) is 68.2 Å². The molecule has 0 unspecified atom stereocenters. The summed E-state index contributed by atoms with van der Waals surface area (Å²) in [7, 11) is 0. The van der Waals surface area contributed by atoms with Gasteiger partial charge in [-0.05, 0) is 166 Å². The summed E-state index contributed by atoms with van der Waals surface area (Å²) in [5.41, 5.74) is 15.7. The van der Waals surface area contributed by atoms with Gasteiger partial charge >= 0.3 is 0 Å². The summed E-state index contributed by atoms with van der Waals surface area (Å²) >= 11 is 0. The molecular formula is C67H52N2O2. The van der Waals surface area contributed by atoms with Gasteiger partial charge in [-0.25, -0.2) is 0 Å². The van der Waals surface area contributed by atoms with Crippen molar-refractivity contribution in [1.29, 1.82) is 0 Å². The van der Waals surface area contributed by atoms with E-state index >= 15 is 0 Å². The molecule has 1 aliphatic rings. The van der Waals surface area contributed by atoms with Crippen molar-refractivity contribution in [1.82, 2.24) is 0 Å². The van der Waals surface area contributed by atoms with Crippen molar-refractivity contribution in [2.45, 2.75) is 19.3 Å². The van der Waals surface area contributed by atoms with Crippen LogP contribution in [0.4, 0.5) is 34.1 Å². The van der Waals surface area contributed by atoms with Crippen molar-refractivity contribution in [3.05, 3.63) is 288 Å². The van der Waals surface area contributed by atoms with Gasteiger partial charge in [0.15, 0.2) is 0 Å². The monoisotopic (exact) mass is 916 g/mol. The maximum absolute atomic E-state index is 6.23. The highest BCUT2D eigenvalue weighted by Gasteiger charge is 2.37. The van der Waals surface area contributed by atoms with Crippen LogP contribution in [0.5, 0.6) is 23.0 Å². The molecular weight excluding hydrogens is 865 g/mol. The third-order valence-corrected chi connectivity index (χ3v) is 13.1. The van der Waals surface area contributed by atoms with E-state index in [1.54, 1.807) is 0 Å². The molecule has 71 heavy (non-hydrogen) atoms. The van der Waals surface area contributed by atoms with Crippen LogP contribution in [0.15, 0.2) is 255 Å². The fourth-order valence-electron chi connectivity index (χ4n) is 9.44. The number of nitrogens with zero attached hydrogens (tertiary/aromatic N) is 2. The average molecular weight is 917 g/mol. The van der Waals surface area contributed by atoms with Crippen LogP contribution in [0, 0.1) is 0 Å². The summed E-state index contributed by atoms with van der Waals surface area (Å²) in [4.78, 5) is 4.68. The van der Waals surface area contributed by atoms with Crippen molar-refractivity contribution in [2.75, 3.05) is 9.80 Å². The van der Waals surface area contributed by atoms with Crippen molar-refractivity contribution in [3.8, 4) is 34.1 Å². The lowest BCUT2D eigenvalue weighted by Crippen LogP contribution is -2.17. The number of anilines is 6.